The highest BCUT2D eigenvalue weighted by Gasteiger charge is 2.06. The summed E-state index contributed by atoms with van der Waals surface area (Å²) in [5.41, 5.74) is 2.59. The Hall–Kier alpha value is -0.560. The molecule has 2 rings (SSSR count). The fourth-order valence-corrected chi connectivity index (χ4v) is 1.69. The minimum absolute atomic E-state index is 1.04. The van der Waals surface area contributed by atoms with Crippen LogP contribution in [0.5, 0.6) is 0 Å². The van der Waals surface area contributed by atoms with Gasteiger partial charge in [0.2, 0.25) is 0 Å². The first-order valence-corrected chi connectivity index (χ1v) is 4.03. The quantitative estimate of drug-likeness (QED) is 0.595. The lowest BCUT2D eigenvalue weighted by molar-refractivity contribution is 1.30. The van der Waals surface area contributed by atoms with Crippen molar-refractivity contribution in [2.75, 3.05) is 0 Å². The fourth-order valence-electron chi connectivity index (χ4n) is 1.16. The molecule has 1 heteroatoms. The molecular formula is C9H6Br. The highest BCUT2D eigenvalue weighted by molar-refractivity contribution is 9.10. The van der Waals surface area contributed by atoms with Gasteiger partial charge in [0.05, 0.1) is 0 Å². The van der Waals surface area contributed by atoms with Gasteiger partial charge in [-0.05, 0) is 29.7 Å². The van der Waals surface area contributed by atoms with E-state index in [4.69, 9.17) is 0 Å². The minimum atomic E-state index is 1.04. The van der Waals surface area contributed by atoms with E-state index in [2.05, 4.69) is 40.2 Å². The molecule has 0 N–H and O–H groups in total. The van der Waals surface area contributed by atoms with E-state index >= 15 is 0 Å². The van der Waals surface area contributed by atoms with Crippen molar-refractivity contribution in [3.05, 3.63) is 46.0 Å². The maximum absolute atomic E-state index is 3.46. The third kappa shape index (κ3) is 0.816. The van der Waals surface area contributed by atoms with Crippen LogP contribution in [0.3, 0.4) is 0 Å². The van der Waals surface area contributed by atoms with Crippen LogP contribution < -0.4 is 0 Å². The SMILES string of the molecule is Brc1cccc2c1[C]=CC2. The zero-order valence-corrected chi connectivity index (χ0v) is 6.98. The second-order valence-electron chi connectivity index (χ2n) is 2.33. The first kappa shape index (κ1) is 6.17. The van der Waals surface area contributed by atoms with Gasteiger partial charge in [-0.1, -0.05) is 34.1 Å². The van der Waals surface area contributed by atoms with Gasteiger partial charge in [0, 0.05) is 4.47 Å². The predicted molar refractivity (Wildman–Crippen MR) is 44.8 cm³/mol. The van der Waals surface area contributed by atoms with Gasteiger partial charge in [-0.15, -0.1) is 0 Å². The van der Waals surface area contributed by atoms with Crippen molar-refractivity contribution >= 4 is 15.9 Å². The van der Waals surface area contributed by atoms with Crippen molar-refractivity contribution in [3.8, 4) is 0 Å². The average Bonchev–Trinajstić information content (AvgIpc) is 2.36. The molecule has 0 aliphatic heterocycles. The molecule has 1 radical (unpaired) electrons. The fraction of sp³-hybridized carbons (Fsp3) is 0.111. The molecule has 0 atom stereocenters. The molecule has 0 amide bonds. The number of allylic oxidation sites excluding steroid dienone is 1. The molecular weight excluding hydrogens is 188 g/mol. The molecule has 1 aromatic rings. The number of halogens is 1. The van der Waals surface area contributed by atoms with Crippen molar-refractivity contribution in [2.24, 2.45) is 0 Å². The van der Waals surface area contributed by atoms with E-state index in [1.54, 1.807) is 0 Å². The molecule has 1 aromatic carbocycles. The van der Waals surface area contributed by atoms with Crippen LogP contribution in [-0.4, -0.2) is 0 Å². The molecule has 0 saturated heterocycles. The smallest absolute Gasteiger partial charge is 0.0256 e. The van der Waals surface area contributed by atoms with E-state index in [0.29, 0.717) is 0 Å². The topological polar surface area (TPSA) is 0 Å². The summed E-state index contributed by atoms with van der Waals surface area (Å²) < 4.78 is 1.15. The van der Waals surface area contributed by atoms with Gasteiger partial charge in [-0.3, -0.25) is 0 Å². The van der Waals surface area contributed by atoms with Crippen molar-refractivity contribution in [1.82, 2.24) is 0 Å². The summed E-state index contributed by atoms with van der Waals surface area (Å²) in [5.74, 6) is 0. The molecule has 0 nitrogen and oxygen atoms in total. The van der Waals surface area contributed by atoms with E-state index in [9.17, 15) is 0 Å². The normalized spacial score (nSPS) is 13.7. The number of hydrogen-bond donors (Lipinski definition) is 0. The Morgan fingerprint density at radius 1 is 1.40 bits per heavy atom. The highest BCUT2D eigenvalue weighted by atomic mass is 79.9. The molecule has 0 bridgehead atoms. The molecule has 1 aliphatic carbocycles. The van der Waals surface area contributed by atoms with Crippen molar-refractivity contribution in [3.63, 3.8) is 0 Å². The van der Waals surface area contributed by atoms with Crippen LogP contribution in [0.2, 0.25) is 0 Å². The molecule has 0 heterocycles. The maximum Gasteiger partial charge on any atom is 0.0256 e. The molecule has 10 heavy (non-hydrogen) atoms. The van der Waals surface area contributed by atoms with E-state index in [1.165, 1.54) is 11.1 Å². The zero-order chi connectivity index (χ0) is 6.97. The Labute approximate surface area is 68.7 Å². The molecule has 0 saturated carbocycles. The van der Waals surface area contributed by atoms with Gasteiger partial charge in [0.1, 0.15) is 0 Å². The minimum Gasteiger partial charge on any atom is -0.0716 e. The Bertz CT molecular complexity index is 287. The third-order valence-electron chi connectivity index (χ3n) is 1.67. The third-order valence-corrected chi connectivity index (χ3v) is 2.33. The van der Waals surface area contributed by atoms with Crippen molar-refractivity contribution in [2.45, 2.75) is 6.42 Å². The predicted octanol–water partition coefficient (Wildman–Crippen LogP) is 2.71. The summed E-state index contributed by atoms with van der Waals surface area (Å²) in [6.07, 6.45) is 6.30. The molecule has 0 aromatic heterocycles. The second kappa shape index (κ2) is 2.24. The van der Waals surface area contributed by atoms with E-state index in [-0.39, 0.29) is 0 Å². The lowest BCUT2D eigenvalue weighted by atomic mass is 10.1. The Balaban J connectivity index is 2.67. The van der Waals surface area contributed by atoms with Crippen LogP contribution in [0.4, 0.5) is 0 Å². The largest absolute Gasteiger partial charge is 0.0716 e. The standard InChI is InChI=1S/C9H6Br/c10-9-6-2-4-7-3-1-5-8(7)9/h1-2,4,6H,3H2. The van der Waals surface area contributed by atoms with Gasteiger partial charge in [0.15, 0.2) is 0 Å². The molecule has 1 aliphatic rings. The molecule has 0 spiro atoms. The summed E-state index contributed by atoms with van der Waals surface area (Å²) in [5, 5.41) is 0. The Kier molecular flexibility index (Phi) is 1.38. The number of benzene rings is 1. The molecule has 0 fully saturated rings. The van der Waals surface area contributed by atoms with Crippen molar-refractivity contribution < 1.29 is 0 Å². The van der Waals surface area contributed by atoms with Gasteiger partial charge in [-0.2, -0.15) is 0 Å². The number of rotatable bonds is 0. The molecule has 0 unspecified atom stereocenters. The van der Waals surface area contributed by atoms with Gasteiger partial charge >= 0.3 is 0 Å². The van der Waals surface area contributed by atoms with Crippen LogP contribution in [0.15, 0.2) is 28.7 Å². The number of hydrogen-bond acceptors (Lipinski definition) is 0. The maximum atomic E-state index is 3.46. The lowest BCUT2D eigenvalue weighted by Crippen LogP contribution is -1.80. The van der Waals surface area contributed by atoms with Crippen LogP contribution in [0.1, 0.15) is 11.1 Å². The van der Waals surface area contributed by atoms with E-state index in [0.717, 1.165) is 10.9 Å². The van der Waals surface area contributed by atoms with Crippen molar-refractivity contribution in [1.29, 1.82) is 0 Å². The first-order valence-electron chi connectivity index (χ1n) is 3.23. The Morgan fingerprint density at radius 2 is 2.30 bits per heavy atom. The first-order chi connectivity index (χ1) is 4.88. The van der Waals surface area contributed by atoms with Gasteiger partial charge < -0.3 is 0 Å². The lowest BCUT2D eigenvalue weighted by Gasteiger charge is -1.98. The van der Waals surface area contributed by atoms with E-state index in [1.807, 2.05) is 6.07 Å². The van der Waals surface area contributed by atoms with Crippen LogP contribution in [0.25, 0.3) is 0 Å². The summed E-state index contributed by atoms with van der Waals surface area (Å²) in [6, 6.07) is 6.24. The average molecular weight is 194 g/mol. The van der Waals surface area contributed by atoms with Gasteiger partial charge in [0.25, 0.3) is 0 Å². The van der Waals surface area contributed by atoms with Crippen LogP contribution in [0, 0.1) is 6.08 Å². The van der Waals surface area contributed by atoms with Crippen LogP contribution >= 0.6 is 15.9 Å². The summed E-state index contributed by atoms with van der Waals surface area (Å²) in [7, 11) is 0. The monoisotopic (exact) mass is 193 g/mol. The highest BCUT2D eigenvalue weighted by Crippen LogP contribution is 2.24. The summed E-state index contributed by atoms with van der Waals surface area (Å²) >= 11 is 3.46. The van der Waals surface area contributed by atoms with Gasteiger partial charge in [-0.25, -0.2) is 0 Å². The van der Waals surface area contributed by atoms with E-state index < -0.39 is 0 Å². The number of fused-ring (bicyclic) bond motifs is 1. The second-order valence-corrected chi connectivity index (χ2v) is 3.18. The van der Waals surface area contributed by atoms with Crippen LogP contribution in [-0.2, 0) is 6.42 Å². The molecule has 49 valence electrons. The zero-order valence-electron chi connectivity index (χ0n) is 5.39. The summed E-state index contributed by atoms with van der Waals surface area (Å²) in [6.45, 7) is 0. The summed E-state index contributed by atoms with van der Waals surface area (Å²) in [4.78, 5) is 0. The Morgan fingerprint density at radius 3 is 3.10 bits per heavy atom.